The van der Waals surface area contributed by atoms with Crippen LogP contribution in [0.4, 0.5) is 8.78 Å². The Morgan fingerprint density at radius 3 is 2.37 bits per heavy atom. The number of aliphatic hydroxyl groups is 1. The van der Waals surface area contributed by atoms with Crippen LogP contribution < -0.4 is 10.6 Å². The minimum absolute atomic E-state index is 0.0430. The molecule has 2 aromatic carbocycles. The summed E-state index contributed by atoms with van der Waals surface area (Å²) in [6, 6.07) is 14.4. The molecule has 0 spiro atoms. The van der Waals surface area contributed by atoms with E-state index in [1.165, 1.54) is 30.4 Å². The van der Waals surface area contributed by atoms with E-state index in [0.717, 1.165) is 39.8 Å². The molecule has 1 saturated carbocycles. The number of hydrogen-bond donors (Lipinski definition) is 3. The standard InChI is InChI=1S/C27H28F2N2O3S/c1-16(32)25-6-7-26(35-25)19-4-3-5-20(13-19)27(8-9-27)30-15-24(34)23(31-17(2)33)12-18-10-21(28)14-22(29)11-18/h3-7,10-11,13-14,23-24,30,34H,8-9,12,15H2,1-2H3,(H,31,33)/t23-,24-/m0/s1. The second-order valence-electron chi connectivity index (χ2n) is 9.12. The van der Waals surface area contributed by atoms with E-state index in [2.05, 4.69) is 16.7 Å². The van der Waals surface area contributed by atoms with E-state index in [9.17, 15) is 23.5 Å². The molecule has 3 aromatic rings. The van der Waals surface area contributed by atoms with Gasteiger partial charge in [-0.1, -0.05) is 18.2 Å². The van der Waals surface area contributed by atoms with E-state index >= 15 is 0 Å². The van der Waals surface area contributed by atoms with Crippen molar-refractivity contribution in [1.82, 2.24) is 10.6 Å². The molecule has 1 amide bonds. The fraction of sp³-hybridized carbons (Fsp3) is 0.333. The number of amides is 1. The van der Waals surface area contributed by atoms with Gasteiger partial charge in [-0.15, -0.1) is 11.3 Å². The van der Waals surface area contributed by atoms with Crippen molar-refractivity contribution in [2.24, 2.45) is 0 Å². The van der Waals surface area contributed by atoms with Gasteiger partial charge in [-0.25, -0.2) is 8.78 Å². The van der Waals surface area contributed by atoms with Crippen LogP contribution >= 0.6 is 11.3 Å². The van der Waals surface area contributed by atoms with Gasteiger partial charge in [-0.2, -0.15) is 0 Å². The fourth-order valence-corrected chi connectivity index (χ4v) is 5.21. The van der Waals surface area contributed by atoms with Gasteiger partial charge in [-0.3, -0.25) is 9.59 Å². The van der Waals surface area contributed by atoms with Gasteiger partial charge >= 0.3 is 0 Å². The van der Waals surface area contributed by atoms with Crippen molar-refractivity contribution in [2.75, 3.05) is 6.54 Å². The lowest BCUT2D eigenvalue weighted by Gasteiger charge is -2.27. The smallest absolute Gasteiger partial charge is 0.217 e. The number of carbonyl (C=O) groups excluding carboxylic acids is 2. The maximum atomic E-state index is 13.6. The van der Waals surface area contributed by atoms with Crippen molar-refractivity contribution in [2.45, 2.75) is 50.8 Å². The molecule has 8 heteroatoms. The Morgan fingerprint density at radius 1 is 1.06 bits per heavy atom. The van der Waals surface area contributed by atoms with Crippen molar-refractivity contribution in [3.63, 3.8) is 0 Å². The molecule has 0 unspecified atom stereocenters. The van der Waals surface area contributed by atoms with Crippen LogP contribution in [0.5, 0.6) is 0 Å². The van der Waals surface area contributed by atoms with Crippen molar-refractivity contribution < 1.29 is 23.5 Å². The average molecular weight is 499 g/mol. The van der Waals surface area contributed by atoms with Gasteiger partial charge in [-0.05, 0) is 73.2 Å². The zero-order valence-corrected chi connectivity index (χ0v) is 20.4. The monoisotopic (exact) mass is 498 g/mol. The first-order valence-corrected chi connectivity index (χ1v) is 12.3. The van der Waals surface area contributed by atoms with Gasteiger partial charge in [0.15, 0.2) is 5.78 Å². The summed E-state index contributed by atoms with van der Waals surface area (Å²) in [5.74, 6) is -1.69. The molecule has 1 aliphatic carbocycles. The number of Topliss-reactive ketones (excluding diaryl/α,β-unsaturated/α-hetero) is 1. The second-order valence-corrected chi connectivity index (χ2v) is 10.2. The lowest BCUT2D eigenvalue weighted by Crippen LogP contribution is -2.49. The Hall–Kier alpha value is -2.94. The number of carbonyl (C=O) groups is 2. The lowest BCUT2D eigenvalue weighted by molar-refractivity contribution is -0.120. The number of hydrogen-bond acceptors (Lipinski definition) is 5. The van der Waals surface area contributed by atoms with Gasteiger partial charge in [0.25, 0.3) is 0 Å². The Morgan fingerprint density at radius 2 is 1.77 bits per heavy atom. The molecule has 0 aliphatic heterocycles. The molecule has 2 atom stereocenters. The van der Waals surface area contributed by atoms with E-state index in [0.29, 0.717) is 5.56 Å². The van der Waals surface area contributed by atoms with Crippen molar-refractivity contribution in [3.05, 3.63) is 82.2 Å². The van der Waals surface area contributed by atoms with Crippen LogP contribution in [0.3, 0.4) is 0 Å². The van der Waals surface area contributed by atoms with Crippen molar-refractivity contribution in [1.29, 1.82) is 0 Å². The number of ketones is 1. The normalized spacial score (nSPS) is 15.9. The zero-order chi connectivity index (χ0) is 25.2. The summed E-state index contributed by atoms with van der Waals surface area (Å²) in [6.45, 7) is 3.09. The maximum absolute atomic E-state index is 13.6. The third kappa shape index (κ3) is 6.20. The topological polar surface area (TPSA) is 78.4 Å². The Balaban J connectivity index is 1.46. The lowest BCUT2D eigenvalue weighted by atomic mass is 9.98. The van der Waals surface area contributed by atoms with Crippen molar-refractivity contribution >= 4 is 23.0 Å². The highest BCUT2D eigenvalue weighted by Gasteiger charge is 2.44. The van der Waals surface area contributed by atoms with E-state index in [1.807, 2.05) is 30.3 Å². The summed E-state index contributed by atoms with van der Waals surface area (Å²) in [5.41, 5.74) is 2.18. The van der Waals surface area contributed by atoms with Gasteiger partial charge < -0.3 is 15.7 Å². The van der Waals surface area contributed by atoms with E-state index < -0.39 is 23.8 Å². The van der Waals surface area contributed by atoms with Gasteiger partial charge in [0.1, 0.15) is 11.6 Å². The van der Waals surface area contributed by atoms with E-state index in [-0.39, 0.29) is 30.2 Å². The summed E-state index contributed by atoms with van der Waals surface area (Å²) >= 11 is 1.46. The molecule has 1 aliphatic rings. The van der Waals surface area contributed by atoms with Crippen LogP contribution in [0.1, 0.15) is 47.5 Å². The first-order chi connectivity index (χ1) is 16.6. The maximum Gasteiger partial charge on any atom is 0.217 e. The minimum Gasteiger partial charge on any atom is -0.390 e. The van der Waals surface area contributed by atoms with Gasteiger partial charge in [0.05, 0.1) is 17.0 Å². The largest absolute Gasteiger partial charge is 0.390 e. The molecule has 1 heterocycles. The summed E-state index contributed by atoms with van der Waals surface area (Å²) in [4.78, 5) is 25.1. The van der Waals surface area contributed by atoms with Crippen LogP contribution in [0.2, 0.25) is 0 Å². The highest BCUT2D eigenvalue weighted by atomic mass is 32.1. The van der Waals surface area contributed by atoms with Crippen LogP contribution in [-0.2, 0) is 16.8 Å². The fourth-order valence-electron chi connectivity index (χ4n) is 4.31. The highest BCUT2D eigenvalue weighted by Crippen LogP contribution is 2.46. The molecule has 35 heavy (non-hydrogen) atoms. The van der Waals surface area contributed by atoms with Crippen molar-refractivity contribution in [3.8, 4) is 10.4 Å². The number of rotatable bonds is 10. The molecule has 1 aromatic heterocycles. The number of halogens is 2. The van der Waals surface area contributed by atoms with Crippen LogP contribution in [0.15, 0.2) is 54.6 Å². The summed E-state index contributed by atoms with van der Waals surface area (Å²) in [5, 5.41) is 17.0. The van der Waals surface area contributed by atoms with E-state index in [4.69, 9.17) is 0 Å². The molecule has 0 bridgehead atoms. The predicted molar refractivity (Wildman–Crippen MR) is 132 cm³/mol. The average Bonchev–Trinajstić information content (AvgIpc) is 3.42. The molecule has 184 valence electrons. The number of aliphatic hydroxyl groups excluding tert-OH is 1. The first kappa shape index (κ1) is 25.2. The summed E-state index contributed by atoms with van der Waals surface area (Å²) in [6.07, 6.45) is 0.913. The second kappa shape index (κ2) is 10.4. The third-order valence-corrected chi connectivity index (χ3v) is 7.52. The van der Waals surface area contributed by atoms with Crippen LogP contribution in [-0.4, -0.2) is 35.5 Å². The molecular weight excluding hydrogens is 470 g/mol. The zero-order valence-electron chi connectivity index (χ0n) is 19.6. The summed E-state index contributed by atoms with van der Waals surface area (Å²) < 4.78 is 27.2. The van der Waals surface area contributed by atoms with Gasteiger partial charge in [0, 0.05) is 30.0 Å². The van der Waals surface area contributed by atoms with Gasteiger partial charge in [0.2, 0.25) is 5.91 Å². The van der Waals surface area contributed by atoms with Crippen LogP contribution in [0.25, 0.3) is 10.4 Å². The third-order valence-electron chi connectivity index (χ3n) is 6.28. The number of benzene rings is 2. The Labute approximate surface area is 207 Å². The molecule has 3 N–H and O–H groups in total. The molecule has 1 fully saturated rings. The highest BCUT2D eigenvalue weighted by molar-refractivity contribution is 7.17. The number of thiophene rings is 1. The molecular formula is C27H28F2N2O3S. The number of nitrogens with one attached hydrogen (secondary N) is 2. The Bertz CT molecular complexity index is 1220. The van der Waals surface area contributed by atoms with E-state index in [1.54, 1.807) is 6.92 Å². The first-order valence-electron chi connectivity index (χ1n) is 11.5. The quantitative estimate of drug-likeness (QED) is 0.358. The minimum atomic E-state index is -0.971. The molecule has 4 rings (SSSR count). The summed E-state index contributed by atoms with van der Waals surface area (Å²) in [7, 11) is 0. The predicted octanol–water partition coefficient (Wildman–Crippen LogP) is 4.58. The molecule has 5 nitrogen and oxygen atoms in total. The SMILES string of the molecule is CC(=O)N[C@@H](Cc1cc(F)cc(F)c1)[C@@H](O)CNC1(c2cccc(-c3ccc(C(C)=O)s3)c2)CC1. The molecule has 0 saturated heterocycles. The van der Waals surface area contributed by atoms with Crippen LogP contribution in [0, 0.1) is 11.6 Å². The Kier molecular flexibility index (Phi) is 7.44. The molecule has 0 radical (unpaired) electrons.